The van der Waals surface area contributed by atoms with Crippen LogP contribution in [0.15, 0.2) is 51.7 Å². The predicted octanol–water partition coefficient (Wildman–Crippen LogP) is 3.81. The molecule has 0 aliphatic carbocycles. The number of rotatable bonds is 7. The largest absolute Gasteiger partial charge is 0.474 e. The van der Waals surface area contributed by atoms with Crippen molar-refractivity contribution in [1.29, 1.82) is 0 Å². The highest BCUT2D eigenvalue weighted by Crippen LogP contribution is 2.32. The number of hydrogen-bond donors (Lipinski definition) is 0. The lowest BCUT2D eigenvalue weighted by Crippen LogP contribution is -2.22. The van der Waals surface area contributed by atoms with Gasteiger partial charge in [-0.15, -0.1) is 0 Å². The smallest absolute Gasteiger partial charge is 0.352 e. The summed E-state index contributed by atoms with van der Waals surface area (Å²) in [5.74, 6) is -0.650. The minimum absolute atomic E-state index is 0.170. The van der Waals surface area contributed by atoms with Gasteiger partial charge >= 0.3 is 17.6 Å². The molecule has 0 aliphatic heterocycles. The number of carbonyl (C=O) groups is 2. The van der Waals surface area contributed by atoms with E-state index < -0.39 is 23.7 Å². The van der Waals surface area contributed by atoms with Crippen LogP contribution in [-0.4, -0.2) is 25.7 Å². The van der Waals surface area contributed by atoms with Crippen molar-refractivity contribution in [2.45, 2.75) is 33.3 Å². The van der Waals surface area contributed by atoms with Crippen molar-refractivity contribution >= 4 is 22.9 Å². The van der Waals surface area contributed by atoms with Crippen LogP contribution in [0, 0.1) is 13.8 Å². The van der Waals surface area contributed by atoms with Crippen LogP contribution in [0.5, 0.6) is 5.75 Å². The number of carbonyl (C=O) groups excluding carboxylic acids is 2. The standard InChI is InChI=1S/C24H24O7/c1-5-29-24(27)22(16-9-7-6-8-10-16)30-19-12-11-17-14(2)18(13-20(25)28-4)23(26)31-21(17)15(19)3/h6-12,22H,5,13H2,1-4H3. The summed E-state index contributed by atoms with van der Waals surface area (Å²) in [6.07, 6.45) is -1.14. The van der Waals surface area contributed by atoms with E-state index in [0.717, 1.165) is 0 Å². The average molecular weight is 424 g/mol. The van der Waals surface area contributed by atoms with E-state index in [1.165, 1.54) is 7.11 Å². The Balaban J connectivity index is 2.05. The summed E-state index contributed by atoms with van der Waals surface area (Å²) in [6.45, 7) is 5.44. The lowest BCUT2D eigenvalue weighted by molar-refractivity contribution is -0.151. The first-order valence-corrected chi connectivity index (χ1v) is 9.88. The van der Waals surface area contributed by atoms with Crippen molar-refractivity contribution in [3.63, 3.8) is 0 Å². The molecule has 0 fully saturated rings. The highest BCUT2D eigenvalue weighted by molar-refractivity contribution is 5.87. The Morgan fingerprint density at radius 3 is 2.39 bits per heavy atom. The molecule has 0 saturated carbocycles. The number of esters is 2. The number of fused-ring (bicyclic) bond motifs is 1. The minimum Gasteiger partial charge on any atom is -0.474 e. The molecule has 3 aromatic rings. The molecule has 0 N–H and O–H groups in total. The third-order valence-corrected chi connectivity index (χ3v) is 5.05. The van der Waals surface area contributed by atoms with Crippen molar-refractivity contribution in [2.75, 3.05) is 13.7 Å². The van der Waals surface area contributed by atoms with E-state index in [4.69, 9.17) is 13.9 Å². The fourth-order valence-electron chi connectivity index (χ4n) is 3.34. The van der Waals surface area contributed by atoms with Gasteiger partial charge in [0.25, 0.3) is 0 Å². The summed E-state index contributed by atoms with van der Waals surface area (Å²) in [5.41, 5.74) is 1.82. The Kier molecular flexibility index (Phi) is 6.74. The van der Waals surface area contributed by atoms with Gasteiger partial charge in [0.15, 0.2) is 0 Å². The van der Waals surface area contributed by atoms with E-state index >= 15 is 0 Å². The maximum atomic E-state index is 12.5. The van der Waals surface area contributed by atoms with E-state index in [2.05, 4.69) is 4.74 Å². The zero-order chi connectivity index (χ0) is 22.5. The molecular formula is C24H24O7. The topological polar surface area (TPSA) is 92.0 Å². The molecule has 1 aromatic heterocycles. The van der Waals surface area contributed by atoms with Gasteiger partial charge in [0.1, 0.15) is 11.3 Å². The van der Waals surface area contributed by atoms with Crippen LogP contribution in [0.1, 0.15) is 35.3 Å². The van der Waals surface area contributed by atoms with Gasteiger partial charge in [-0.05, 0) is 38.5 Å². The third-order valence-electron chi connectivity index (χ3n) is 5.05. The lowest BCUT2D eigenvalue weighted by atomic mass is 10.0. The molecule has 7 nitrogen and oxygen atoms in total. The van der Waals surface area contributed by atoms with Crippen LogP contribution in [0.2, 0.25) is 0 Å². The number of aryl methyl sites for hydroxylation is 2. The van der Waals surface area contributed by atoms with Gasteiger partial charge in [-0.25, -0.2) is 9.59 Å². The zero-order valence-electron chi connectivity index (χ0n) is 17.9. The molecule has 0 aliphatic rings. The van der Waals surface area contributed by atoms with Gasteiger partial charge in [0, 0.05) is 16.5 Å². The molecule has 162 valence electrons. The Morgan fingerprint density at radius 1 is 1.03 bits per heavy atom. The molecule has 3 rings (SSSR count). The summed E-state index contributed by atoms with van der Waals surface area (Å²) in [4.78, 5) is 36.7. The number of methoxy groups -OCH3 is 1. The van der Waals surface area contributed by atoms with Crippen LogP contribution in [-0.2, 0) is 25.5 Å². The predicted molar refractivity (Wildman–Crippen MR) is 114 cm³/mol. The second kappa shape index (κ2) is 9.47. The molecule has 0 spiro atoms. The fourth-order valence-corrected chi connectivity index (χ4v) is 3.34. The SMILES string of the molecule is CCOC(=O)C(Oc1ccc2c(C)c(CC(=O)OC)c(=O)oc2c1C)c1ccccc1. The van der Waals surface area contributed by atoms with Crippen molar-refractivity contribution in [3.05, 3.63) is 75.1 Å². The average Bonchev–Trinajstić information content (AvgIpc) is 2.77. The summed E-state index contributed by atoms with van der Waals surface area (Å²) in [6, 6.07) is 12.5. The van der Waals surface area contributed by atoms with Gasteiger partial charge in [0.05, 0.1) is 25.7 Å². The van der Waals surface area contributed by atoms with Crippen molar-refractivity contribution in [2.24, 2.45) is 0 Å². The second-order valence-electron chi connectivity index (χ2n) is 6.97. The van der Waals surface area contributed by atoms with Crippen LogP contribution >= 0.6 is 0 Å². The molecule has 7 heteroatoms. The van der Waals surface area contributed by atoms with Gasteiger partial charge < -0.3 is 18.6 Å². The Labute approximate surface area is 179 Å². The molecular weight excluding hydrogens is 400 g/mol. The summed E-state index contributed by atoms with van der Waals surface area (Å²) >= 11 is 0. The van der Waals surface area contributed by atoms with Crippen LogP contribution in [0.25, 0.3) is 11.0 Å². The van der Waals surface area contributed by atoms with Gasteiger partial charge in [-0.1, -0.05) is 30.3 Å². The van der Waals surface area contributed by atoms with Gasteiger partial charge in [0.2, 0.25) is 6.10 Å². The van der Waals surface area contributed by atoms with E-state index in [1.807, 2.05) is 18.2 Å². The maximum Gasteiger partial charge on any atom is 0.352 e. The summed E-state index contributed by atoms with van der Waals surface area (Å²) in [5, 5.41) is 0.677. The molecule has 2 aromatic carbocycles. The van der Waals surface area contributed by atoms with Crippen LogP contribution in [0.3, 0.4) is 0 Å². The molecule has 0 bridgehead atoms. The summed E-state index contributed by atoms with van der Waals surface area (Å²) in [7, 11) is 1.26. The Morgan fingerprint density at radius 2 is 1.74 bits per heavy atom. The van der Waals surface area contributed by atoms with E-state index in [-0.39, 0.29) is 18.6 Å². The number of ether oxygens (including phenoxy) is 3. The van der Waals surface area contributed by atoms with Crippen LogP contribution < -0.4 is 10.4 Å². The van der Waals surface area contributed by atoms with Crippen molar-refractivity contribution in [3.8, 4) is 5.75 Å². The van der Waals surface area contributed by atoms with Crippen molar-refractivity contribution < 1.29 is 28.2 Å². The second-order valence-corrected chi connectivity index (χ2v) is 6.97. The highest BCUT2D eigenvalue weighted by Gasteiger charge is 2.26. The third kappa shape index (κ3) is 4.60. The zero-order valence-corrected chi connectivity index (χ0v) is 17.9. The molecule has 1 unspecified atom stereocenters. The molecule has 31 heavy (non-hydrogen) atoms. The molecule has 1 heterocycles. The quantitative estimate of drug-likeness (QED) is 0.421. The van der Waals surface area contributed by atoms with Gasteiger partial charge in [-0.3, -0.25) is 4.79 Å². The highest BCUT2D eigenvalue weighted by atomic mass is 16.6. The monoisotopic (exact) mass is 424 g/mol. The fraction of sp³-hybridized carbons (Fsp3) is 0.292. The first-order valence-electron chi connectivity index (χ1n) is 9.88. The van der Waals surface area contributed by atoms with Crippen molar-refractivity contribution in [1.82, 2.24) is 0 Å². The first kappa shape index (κ1) is 22.1. The Hall–Kier alpha value is -3.61. The normalized spacial score (nSPS) is 11.7. The minimum atomic E-state index is -0.969. The lowest BCUT2D eigenvalue weighted by Gasteiger charge is -2.20. The molecule has 0 radical (unpaired) electrons. The van der Waals surface area contributed by atoms with Crippen LogP contribution in [0.4, 0.5) is 0 Å². The molecule has 0 saturated heterocycles. The van der Waals surface area contributed by atoms with E-state index in [1.54, 1.807) is 45.0 Å². The van der Waals surface area contributed by atoms with E-state index in [0.29, 0.717) is 33.4 Å². The van der Waals surface area contributed by atoms with Gasteiger partial charge in [-0.2, -0.15) is 0 Å². The Bertz CT molecular complexity index is 1160. The maximum absolute atomic E-state index is 12.5. The number of benzene rings is 2. The first-order chi connectivity index (χ1) is 14.9. The van der Waals surface area contributed by atoms with E-state index in [9.17, 15) is 14.4 Å². The molecule has 0 amide bonds. The number of hydrogen-bond acceptors (Lipinski definition) is 7. The molecule has 1 atom stereocenters. The summed E-state index contributed by atoms with van der Waals surface area (Å²) < 4.78 is 21.4.